The average Bonchev–Trinajstić information content (AvgIpc) is 3.19. The summed E-state index contributed by atoms with van der Waals surface area (Å²) in [6, 6.07) is 11.1. The van der Waals surface area contributed by atoms with E-state index in [9.17, 15) is 4.79 Å². The van der Waals surface area contributed by atoms with Crippen molar-refractivity contribution in [2.75, 3.05) is 31.2 Å². The number of likely N-dealkylation sites (tertiary alicyclic amines) is 1. The molecule has 0 aromatic heterocycles. The molecule has 0 N–H and O–H groups in total. The largest absolute Gasteiger partial charge is 0.381 e. The van der Waals surface area contributed by atoms with E-state index < -0.39 is 0 Å². The monoisotopic (exact) mass is 300 g/mol. The molecule has 1 aromatic carbocycles. The molecule has 0 saturated carbocycles. The molecule has 22 heavy (non-hydrogen) atoms. The predicted octanol–water partition coefficient (Wildman–Crippen LogP) is 2.29. The van der Waals surface area contributed by atoms with Gasteiger partial charge in [-0.25, -0.2) is 0 Å². The number of anilines is 1. The summed E-state index contributed by atoms with van der Waals surface area (Å²) in [6.07, 6.45) is 3.97. The van der Waals surface area contributed by atoms with Crippen LogP contribution in [0, 0.1) is 5.92 Å². The first-order chi connectivity index (χ1) is 10.8. The molecule has 3 heterocycles. The second-order valence-electron chi connectivity index (χ2n) is 6.79. The van der Waals surface area contributed by atoms with Gasteiger partial charge < -0.3 is 9.64 Å². The topological polar surface area (TPSA) is 32.8 Å². The first kappa shape index (κ1) is 14.2. The molecule has 0 bridgehead atoms. The Morgan fingerprint density at radius 1 is 1.09 bits per heavy atom. The van der Waals surface area contributed by atoms with Gasteiger partial charge in [0.1, 0.15) is 0 Å². The molecule has 3 atom stereocenters. The maximum Gasteiger partial charge on any atom is 0.227 e. The molecule has 0 unspecified atom stereocenters. The number of rotatable bonds is 3. The number of piperidine rings is 1. The lowest BCUT2D eigenvalue weighted by Crippen LogP contribution is -2.53. The summed E-state index contributed by atoms with van der Waals surface area (Å²) in [7, 11) is 0. The Labute approximate surface area is 132 Å². The second kappa shape index (κ2) is 6.01. The Hall–Kier alpha value is -1.39. The molecule has 3 fully saturated rings. The van der Waals surface area contributed by atoms with Gasteiger partial charge in [0.25, 0.3) is 0 Å². The quantitative estimate of drug-likeness (QED) is 0.858. The molecular weight excluding hydrogens is 276 g/mol. The van der Waals surface area contributed by atoms with Crippen LogP contribution in [0.25, 0.3) is 0 Å². The van der Waals surface area contributed by atoms with Gasteiger partial charge in [-0.2, -0.15) is 0 Å². The number of carbonyl (C=O) groups excluding carboxylic acids is 1. The lowest BCUT2D eigenvalue weighted by molar-refractivity contribution is -0.120. The van der Waals surface area contributed by atoms with Gasteiger partial charge in [0.05, 0.1) is 12.6 Å². The first-order valence-electron chi connectivity index (χ1n) is 8.52. The molecule has 0 aliphatic carbocycles. The van der Waals surface area contributed by atoms with E-state index in [2.05, 4.69) is 21.9 Å². The molecule has 0 spiro atoms. The molecule has 3 saturated heterocycles. The Morgan fingerprint density at radius 3 is 2.73 bits per heavy atom. The Morgan fingerprint density at radius 2 is 1.95 bits per heavy atom. The van der Waals surface area contributed by atoms with Crippen molar-refractivity contribution in [2.45, 2.75) is 37.8 Å². The van der Waals surface area contributed by atoms with Crippen LogP contribution in [0.5, 0.6) is 0 Å². The number of nitrogens with zero attached hydrogens (tertiary/aromatic N) is 2. The van der Waals surface area contributed by atoms with Crippen molar-refractivity contribution in [3.05, 3.63) is 30.3 Å². The summed E-state index contributed by atoms with van der Waals surface area (Å²) in [5, 5.41) is 0. The SMILES string of the molecule is O=C1CC[C@H]2[C@H](CCN2C[C@@H]2CCOC2)N1c1ccccc1. The molecule has 1 aromatic rings. The zero-order valence-corrected chi connectivity index (χ0v) is 13.0. The highest BCUT2D eigenvalue weighted by molar-refractivity contribution is 5.95. The van der Waals surface area contributed by atoms with Crippen molar-refractivity contribution < 1.29 is 9.53 Å². The zero-order chi connectivity index (χ0) is 14.9. The average molecular weight is 300 g/mol. The van der Waals surface area contributed by atoms with Crippen molar-refractivity contribution in [1.82, 2.24) is 4.90 Å². The molecule has 4 nitrogen and oxygen atoms in total. The van der Waals surface area contributed by atoms with Gasteiger partial charge in [0, 0.05) is 37.8 Å². The summed E-state index contributed by atoms with van der Waals surface area (Å²) in [6.45, 7) is 4.08. The van der Waals surface area contributed by atoms with E-state index in [1.54, 1.807) is 0 Å². The molecule has 1 amide bonds. The van der Waals surface area contributed by atoms with Crippen molar-refractivity contribution in [3.63, 3.8) is 0 Å². The highest BCUT2D eigenvalue weighted by Gasteiger charge is 2.44. The van der Waals surface area contributed by atoms with E-state index in [1.165, 1.54) is 6.42 Å². The van der Waals surface area contributed by atoms with Crippen molar-refractivity contribution >= 4 is 11.6 Å². The molecule has 4 heteroatoms. The number of ether oxygens (including phenoxy) is 1. The maximum atomic E-state index is 12.5. The van der Waals surface area contributed by atoms with E-state index in [-0.39, 0.29) is 0 Å². The van der Waals surface area contributed by atoms with Crippen LogP contribution in [-0.2, 0) is 9.53 Å². The van der Waals surface area contributed by atoms with E-state index in [1.807, 2.05) is 18.2 Å². The van der Waals surface area contributed by atoms with Crippen molar-refractivity contribution in [1.29, 1.82) is 0 Å². The summed E-state index contributed by atoms with van der Waals surface area (Å²) < 4.78 is 5.52. The normalized spacial score (nSPS) is 32.5. The summed E-state index contributed by atoms with van der Waals surface area (Å²) in [4.78, 5) is 17.2. The molecular formula is C18H24N2O2. The van der Waals surface area contributed by atoms with E-state index in [0.717, 1.165) is 44.8 Å². The van der Waals surface area contributed by atoms with Gasteiger partial charge in [-0.15, -0.1) is 0 Å². The van der Waals surface area contributed by atoms with Crippen LogP contribution >= 0.6 is 0 Å². The smallest absolute Gasteiger partial charge is 0.227 e. The molecule has 3 aliphatic heterocycles. The zero-order valence-electron chi connectivity index (χ0n) is 13.0. The Kier molecular flexibility index (Phi) is 3.89. The molecule has 118 valence electrons. The number of amides is 1. The molecule has 4 rings (SSSR count). The highest BCUT2D eigenvalue weighted by Crippen LogP contribution is 2.35. The number of hydrogen-bond acceptors (Lipinski definition) is 3. The van der Waals surface area contributed by atoms with Gasteiger partial charge in [0.15, 0.2) is 0 Å². The minimum atomic E-state index is 0.290. The summed E-state index contributed by atoms with van der Waals surface area (Å²) in [5.74, 6) is 0.972. The summed E-state index contributed by atoms with van der Waals surface area (Å²) in [5.41, 5.74) is 1.06. The third kappa shape index (κ3) is 2.55. The van der Waals surface area contributed by atoms with E-state index in [4.69, 9.17) is 4.74 Å². The number of carbonyl (C=O) groups is 1. The standard InChI is InChI=1S/C18H24N2O2/c21-18-7-6-16-17(20(18)15-4-2-1-3-5-15)8-10-19(16)12-14-9-11-22-13-14/h1-5,14,16-17H,6-13H2/t14-,16-,17-/m0/s1. The Bertz CT molecular complexity index is 527. The molecule has 3 aliphatic rings. The number of fused-ring (bicyclic) bond motifs is 1. The Balaban J connectivity index is 1.52. The predicted molar refractivity (Wildman–Crippen MR) is 85.9 cm³/mol. The van der Waals surface area contributed by atoms with Crippen LogP contribution in [-0.4, -0.2) is 49.2 Å². The van der Waals surface area contributed by atoms with Crippen molar-refractivity contribution in [2.24, 2.45) is 5.92 Å². The maximum absolute atomic E-state index is 12.5. The fourth-order valence-corrected chi connectivity index (χ4v) is 4.36. The van der Waals surface area contributed by atoms with Crippen LogP contribution in [0.3, 0.4) is 0 Å². The fraction of sp³-hybridized carbons (Fsp3) is 0.611. The van der Waals surface area contributed by atoms with Gasteiger partial charge in [-0.3, -0.25) is 9.69 Å². The van der Waals surface area contributed by atoms with Crippen LogP contribution in [0.15, 0.2) is 30.3 Å². The van der Waals surface area contributed by atoms with Gasteiger partial charge in [-0.1, -0.05) is 18.2 Å². The summed E-state index contributed by atoms with van der Waals surface area (Å²) >= 11 is 0. The first-order valence-corrected chi connectivity index (χ1v) is 8.52. The minimum Gasteiger partial charge on any atom is -0.381 e. The third-order valence-corrected chi connectivity index (χ3v) is 5.43. The van der Waals surface area contributed by atoms with Gasteiger partial charge in [0.2, 0.25) is 5.91 Å². The number of hydrogen-bond donors (Lipinski definition) is 0. The van der Waals surface area contributed by atoms with Gasteiger partial charge in [-0.05, 0) is 37.3 Å². The number of benzene rings is 1. The second-order valence-corrected chi connectivity index (χ2v) is 6.79. The lowest BCUT2D eigenvalue weighted by atomic mass is 9.95. The lowest BCUT2D eigenvalue weighted by Gasteiger charge is -2.40. The van der Waals surface area contributed by atoms with Crippen LogP contribution in [0.2, 0.25) is 0 Å². The molecule has 0 radical (unpaired) electrons. The highest BCUT2D eigenvalue weighted by atomic mass is 16.5. The van der Waals surface area contributed by atoms with Crippen LogP contribution in [0.4, 0.5) is 5.69 Å². The van der Waals surface area contributed by atoms with Crippen molar-refractivity contribution in [3.8, 4) is 0 Å². The van der Waals surface area contributed by atoms with E-state index in [0.29, 0.717) is 30.3 Å². The number of para-hydroxylation sites is 1. The fourth-order valence-electron chi connectivity index (χ4n) is 4.36. The van der Waals surface area contributed by atoms with Crippen LogP contribution in [0.1, 0.15) is 25.7 Å². The van der Waals surface area contributed by atoms with E-state index >= 15 is 0 Å². The minimum absolute atomic E-state index is 0.290. The van der Waals surface area contributed by atoms with Crippen LogP contribution < -0.4 is 4.90 Å². The van der Waals surface area contributed by atoms with Gasteiger partial charge >= 0.3 is 0 Å². The third-order valence-electron chi connectivity index (χ3n) is 5.43.